The van der Waals surface area contributed by atoms with Crippen LogP contribution in [-0.2, 0) is 9.59 Å². The van der Waals surface area contributed by atoms with Gasteiger partial charge >= 0.3 is 0 Å². The quantitative estimate of drug-likeness (QED) is 0.838. The Labute approximate surface area is 137 Å². The van der Waals surface area contributed by atoms with Crippen molar-refractivity contribution >= 4 is 29.1 Å². The minimum atomic E-state index is -0.458. The molecule has 0 aromatic heterocycles. The van der Waals surface area contributed by atoms with E-state index in [0.717, 1.165) is 0 Å². The number of piperazine rings is 1. The van der Waals surface area contributed by atoms with Crippen LogP contribution in [0.15, 0.2) is 24.3 Å². The highest BCUT2D eigenvalue weighted by atomic mass is 35.5. The molecule has 0 saturated carbocycles. The van der Waals surface area contributed by atoms with E-state index in [2.05, 4.69) is 0 Å². The zero-order chi connectivity index (χ0) is 16.5. The van der Waals surface area contributed by atoms with Gasteiger partial charge in [-0.2, -0.15) is 0 Å². The number of carbonyl (C=O) groups is 2. The van der Waals surface area contributed by atoms with Crippen LogP contribution < -0.4 is 4.90 Å². The normalized spacial score (nSPS) is 19.5. The van der Waals surface area contributed by atoms with Gasteiger partial charge in [0.1, 0.15) is 6.04 Å². The van der Waals surface area contributed by atoms with Crippen LogP contribution in [-0.4, -0.2) is 35.8 Å². The fourth-order valence-corrected chi connectivity index (χ4v) is 2.91. The average Bonchev–Trinajstić information content (AvgIpc) is 2.41. The number of carbonyl (C=O) groups excluding carboxylic acids is 2. The van der Waals surface area contributed by atoms with Crippen molar-refractivity contribution in [1.29, 1.82) is 0 Å². The lowest BCUT2D eigenvalue weighted by Gasteiger charge is -2.40. The molecule has 22 heavy (non-hydrogen) atoms. The van der Waals surface area contributed by atoms with Gasteiger partial charge in [-0.05, 0) is 24.5 Å². The molecule has 1 atom stereocenters. The molecule has 1 aliphatic rings. The molecule has 5 heteroatoms. The number of hydrogen-bond acceptors (Lipinski definition) is 2. The number of anilines is 1. The van der Waals surface area contributed by atoms with Crippen molar-refractivity contribution in [3.63, 3.8) is 0 Å². The van der Waals surface area contributed by atoms with Crippen LogP contribution in [0.5, 0.6) is 0 Å². The number of amides is 2. The molecule has 0 unspecified atom stereocenters. The summed E-state index contributed by atoms with van der Waals surface area (Å²) in [5, 5.41) is 0.553. The molecule has 1 fully saturated rings. The summed E-state index contributed by atoms with van der Waals surface area (Å²) < 4.78 is 0. The molecule has 1 aromatic carbocycles. The van der Waals surface area contributed by atoms with Crippen molar-refractivity contribution in [3.8, 4) is 0 Å². The summed E-state index contributed by atoms with van der Waals surface area (Å²) in [4.78, 5) is 28.4. The standard InChI is InChI=1S/C17H23ClN2O2/c1-12-16(22)20(14-8-6-5-7-13(14)18)10-9-19(12)15(21)11-17(2,3)4/h5-8,12H,9-11H2,1-4H3/t12-/m1/s1. The third kappa shape index (κ3) is 3.61. The maximum absolute atomic E-state index is 12.6. The second-order valence-electron chi connectivity index (χ2n) is 6.94. The molecule has 2 rings (SSSR count). The van der Waals surface area contributed by atoms with Crippen molar-refractivity contribution < 1.29 is 9.59 Å². The Hall–Kier alpha value is -1.55. The third-order valence-electron chi connectivity index (χ3n) is 3.80. The van der Waals surface area contributed by atoms with Crippen molar-refractivity contribution in [3.05, 3.63) is 29.3 Å². The van der Waals surface area contributed by atoms with Crippen LogP contribution in [0.1, 0.15) is 34.1 Å². The molecule has 1 heterocycles. The average molecular weight is 323 g/mol. The number of hydrogen-bond donors (Lipinski definition) is 0. The van der Waals surface area contributed by atoms with E-state index in [1.807, 2.05) is 39.0 Å². The Kier molecular flexibility index (Phi) is 4.81. The molecular weight excluding hydrogens is 300 g/mol. The molecule has 4 nitrogen and oxygen atoms in total. The molecule has 0 aliphatic carbocycles. The van der Waals surface area contributed by atoms with E-state index in [0.29, 0.717) is 30.2 Å². The van der Waals surface area contributed by atoms with Gasteiger partial charge in [0.15, 0.2) is 0 Å². The summed E-state index contributed by atoms with van der Waals surface area (Å²) in [5.41, 5.74) is 0.628. The zero-order valence-corrected chi connectivity index (χ0v) is 14.4. The monoisotopic (exact) mass is 322 g/mol. The third-order valence-corrected chi connectivity index (χ3v) is 4.12. The molecule has 0 bridgehead atoms. The van der Waals surface area contributed by atoms with Gasteiger partial charge < -0.3 is 9.80 Å². The van der Waals surface area contributed by atoms with Crippen LogP contribution in [0.4, 0.5) is 5.69 Å². The highest BCUT2D eigenvalue weighted by molar-refractivity contribution is 6.33. The van der Waals surface area contributed by atoms with Crippen molar-refractivity contribution in [2.24, 2.45) is 5.41 Å². The van der Waals surface area contributed by atoms with E-state index < -0.39 is 6.04 Å². The lowest BCUT2D eigenvalue weighted by Crippen LogP contribution is -2.58. The lowest BCUT2D eigenvalue weighted by atomic mass is 9.91. The second kappa shape index (κ2) is 6.29. The van der Waals surface area contributed by atoms with Gasteiger partial charge in [0, 0.05) is 19.5 Å². The summed E-state index contributed by atoms with van der Waals surface area (Å²) >= 11 is 6.18. The first-order valence-corrected chi connectivity index (χ1v) is 7.94. The highest BCUT2D eigenvalue weighted by Crippen LogP contribution is 2.29. The first kappa shape index (κ1) is 16.8. The van der Waals surface area contributed by atoms with Crippen LogP contribution >= 0.6 is 11.6 Å². The van der Waals surface area contributed by atoms with Crippen molar-refractivity contribution in [1.82, 2.24) is 4.90 Å². The lowest BCUT2D eigenvalue weighted by molar-refractivity contribution is -0.142. The van der Waals surface area contributed by atoms with E-state index in [9.17, 15) is 9.59 Å². The predicted octanol–water partition coefficient (Wildman–Crippen LogP) is 3.34. The predicted molar refractivity (Wildman–Crippen MR) is 89.1 cm³/mol. The summed E-state index contributed by atoms with van der Waals surface area (Å²) in [6, 6.07) is 6.84. The minimum absolute atomic E-state index is 0.0344. The Morgan fingerprint density at radius 2 is 1.91 bits per heavy atom. The summed E-state index contributed by atoms with van der Waals surface area (Å²) in [6.45, 7) is 8.87. The van der Waals surface area contributed by atoms with E-state index in [-0.39, 0.29) is 17.2 Å². The Morgan fingerprint density at radius 3 is 2.50 bits per heavy atom. The first-order chi connectivity index (χ1) is 10.2. The topological polar surface area (TPSA) is 40.6 Å². The van der Waals surface area contributed by atoms with Gasteiger partial charge in [0.05, 0.1) is 10.7 Å². The number of benzene rings is 1. The molecule has 0 radical (unpaired) electrons. The van der Waals surface area contributed by atoms with Crippen molar-refractivity contribution in [2.75, 3.05) is 18.0 Å². The number of halogens is 1. The van der Waals surface area contributed by atoms with Gasteiger partial charge in [0.2, 0.25) is 11.8 Å². The molecule has 1 saturated heterocycles. The fourth-order valence-electron chi connectivity index (χ4n) is 2.68. The van der Waals surface area contributed by atoms with Gasteiger partial charge in [-0.3, -0.25) is 9.59 Å². The Balaban J connectivity index is 2.15. The van der Waals surface area contributed by atoms with Crippen LogP contribution in [0.3, 0.4) is 0 Å². The minimum Gasteiger partial charge on any atom is -0.329 e. The molecular formula is C17H23ClN2O2. The summed E-state index contributed by atoms with van der Waals surface area (Å²) in [6.07, 6.45) is 0.441. The number of para-hydroxylation sites is 1. The van der Waals surface area contributed by atoms with Crippen LogP contribution in [0.2, 0.25) is 5.02 Å². The van der Waals surface area contributed by atoms with E-state index >= 15 is 0 Å². The maximum Gasteiger partial charge on any atom is 0.249 e. The van der Waals surface area contributed by atoms with Crippen LogP contribution in [0.25, 0.3) is 0 Å². The SMILES string of the molecule is C[C@@H]1C(=O)N(c2ccccc2Cl)CCN1C(=O)CC(C)(C)C. The first-order valence-electron chi connectivity index (χ1n) is 7.56. The fraction of sp³-hybridized carbons (Fsp3) is 0.529. The smallest absolute Gasteiger partial charge is 0.249 e. The molecule has 120 valence electrons. The Morgan fingerprint density at radius 1 is 1.27 bits per heavy atom. The zero-order valence-electron chi connectivity index (χ0n) is 13.6. The van der Waals surface area contributed by atoms with Gasteiger partial charge in [-0.15, -0.1) is 0 Å². The number of nitrogens with zero attached hydrogens (tertiary/aromatic N) is 2. The summed E-state index contributed by atoms with van der Waals surface area (Å²) in [7, 11) is 0. The maximum atomic E-state index is 12.6. The number of rotatable bonds is 2. The highest BCUT2D eigenvalue weighted by Gasteiger charge is 2.36. The van der Waals surface area contributed by atoms with E-state index in [1.165, 1.54) is 0 Å². The molecule has 0 spiro atoms. The van der Waals surface area contributed by atoms with Gasteiger partial charge in [-0.1, -0.05) is 44.5 Å². The Bertz CT molecular complexity index is 580. The second-order valence-corrected chi connectivity index (χ2v) is 7.35. The molecule has 2 amide bonds. The van der Waals surface area contributed by atoms with Crippen LogP contribution in [0, 0.1) is 5.41 Å². The van der Waals surface area contributed by atoms with E-state index in [1.54, 1.807) is 22.8 Å². The molecule has 1 aromatic rings. The van der Waals surface area contributed by atoms with E-state index in [4.69, 9.17) is 11.6 Å². The molecule has 0 N–H and O–H groups in total. The van der Waals surface area contributed by atoms with Gasteiger partial charge in [-0.25, -0.2) is 0 Å². The summed E-state index contributed by atoms with van der Waals surface area (Å²) in [5.74, 6) is -0.0474. The largest absolute Gasteiger partial charge is 0.329 e. The van der Waals surface area contributed by atoms with Gasteiger partial charge in [0.25, 0.3) is 0 Å². The molecule has 1 aliphatic heterocycles. The van der Waals surface area contributed by atoms with Crippen molar-refractivity contribution in [2.45, 2.75) is 40.2 Å².